The summed E-state index contributed by atoms with van der Waals surface area (Å²) in [5.74, 6) is 3.17. The van der Waals surface area contributed by atoms with Gasteiger partial charge in [0.2, 0.25) is 0 Å². The number of hydrogen-bond acceptors (Lipinski definition) is 2. The van der Waals surface area contributed by atoms with Crippen LogP contribution >= 0.6 is 0 Å². The second kappa shape index (κ2) is 12.4. The number of rotatable bonds is 6. The van der Waals surface area contributed by atoms with E-state index in [9.17, 15) is 0 Å². The van der Waals surface area contributed by atoms with Crippen molar-refractivity contribution < 1.29 is 0 Å². The summed E-state index contributed by atoms with van der Waals surface area (Å²) in [6.07, 6.45) is 6.93. The highest BCUT2D eigenvalue weighted by atomic mass is 15.1. The van der Waals surface area contributed by atoms with Gasteiger partial charge in [0.05, 0.1) is 0 Å². The minimum Gasteiger partial charge on any atom is -0.310 e. The van der Waals surface area contributed by atoms with Crippen LogP contribution in [0.25, 0.3) is 32.7 Å². The molecule has 5 aliphatic rings. The van der Waals surface area contributed by atoms with Crippen LogP contribution in [-0.2, 0) is 5.41 Å². The van der Waals surface area contributed by atoms with E-state index in [1.165, 1.54) is 98.9 Å². The minimum absolute atomic E-state index is 0.0591. The summed E-state index contributed by atoms with van der Waals surface area (Å²) in [5, 5.41) is 5.31. The van der Waals surface area contributed by atoms with Crippen molar-refractivity contribution in [3.63, 3.8) is 0 Å². The molecule has 0 amide bonds. The molecule has 0 atom stereocenters. The van der Waals surface area contributed by atoms with Crippen molar-refractivity contribution in [1.82, 2.24) is 0 Å². The Balaban J connectivity index is 1.05. The van der Waals surface area contributed by atoms with Crippen molar-refractivity contribution in [2.45, 2.75) is 37.5 Å². The molecule has 0 unspecified atom stereocenters. The Hall–Kier alpha value is -6.12. The summed E-state index contributed by atoms with van der Waals surface area (Å²) in [7, 11) is 0. The lowest BCUT2D eigenvalue weighted by Crippen LogP contribution is -2.55. The molecule has 8 aromatic carbocycles. The Morgan fingerprint density at radius 1 is 0.321 bits per heavy atom. The number of nitrogens with zero attached hydrogens (tertiary/aromatic N) is 2. The van der Waals surface area contributed by atoms with E-state index >= 15 is 0 Å². The van der Waals surface area contributed by atoms with E-state index in [0.29, 0.717) is 11.8 Å². The molecule has 0 saturated heterocycles. The summed E-state index contributed by atoms with van der Waals surface area (Å²) in [6, 6.07) is 67.9. The zero-order valence-electron chi connectivity index (χ0n) is 31.6. The number of hydrogen-bond donors (Lipinski definition) is 0. The Morgan fingerprint density at radius 3 is 1.04 bits per heavy atom. The molecule has 4 bridgehead atoms. The van der Waals surface area contributed by atoms with Crippen molar-refractivity contribution in [2.75, 3.05) is 9.80 Å². The van der Waals surface area contributed by atoms with Crippen molar-refractivity contribution in [3.8, 4) is 11.1 Å². The van der Waals surface area contributed by atoms with Gasteiger partial charge in [-0.2, -0.15) is 0 Å². The molecule has 56 heavy (non-hydrogen) atoms. The highest BCUT2D eigenvalue weighted by Gasteiger charge is 2.61. The maximum absolute atomic E-state index is 2.65. The van der Waals surface area contributed by atoms with Crippen molar-refractivity contribution in [3.05, 3.63) is 193 Å². The molecule has 8 aromatic rings. The Labute approximate surface area is 329 Å². The topological polar surface area (TPSA) is 6.48 Å². The molecule has 13 rings (SSSR count). The van der Waals surface area contributed by atoms with Gasteiger partial charge in [0.25, 0.3) is 0 Å². The summed E-state index contributed by atoms with van der Waals surface area (Å²) >= 11 is 0. The first-order valence-electron chi connectivity index (χ1n) is 20.7. The Kier molecular flexibility index (Phi) is 7.15. The smallest absolute Gasteiger partial charge is 0.0468 e. The highest BCUT2D eigenvalue weighted by molar-refractivity contribution is 6.01. The molecule has 5 aliphatic carbocycles. The molecule has 0 N–H and O–H groups in total. The van der Waals surface area contributed by atoms with Crippen LogP contribution in [0.2, 0.25) is 0 Å². The molecule has 4 fully saturated rings. The lowest BCUT2D eigenvalue weighted by atomic mass is 9.43. The van der Waals surface area contributed by atoms with Crippen molar-refractivity contribution in [1.29, 1.82) is 0 Å². The molecular weight excluding hydrogens is 677 g/mol. The zero-order chi connectivity index (χ0) is 36.8. The Morgan fingerprint density at radius 2 is 0.679 bits per heavy atom. The molecule has 0 aromatic heterocycles. The third-order valence-electron chi connectivity index (χ3n) is 14.1. The second-order valence-corrected chi connectivity index (χ2v) is 17.0. The van der Waals surface area contributed by atoms with Gasteiger partial charge in [-0.3, -0.25) is 0 Å². The molecule has 0 radical (unpaired) electrons. The average Bonchev–Trinajstić information content (AvgIpc) is 3.51. The second-order valence-electron chi connectivity index (χ2n) is 17.0. The zero-order valence-corrected chi connectivity index (χ0v) is 31.6. The van der Waals surface area contributed by atoms with Crippen LogP contribution in [0.15, 0.2) is 182 Å². The van der Waals surface area contributed by atoms with Crippen molar-refractivity contribution in [2.24, 2.45) is 23.7 Å². The summed E-state index contributed by atoms with van der Waals surface area (Å²) in [4.78, 5) is 4.80. The van der Waals surface area contributed by atoms with E-state index in [1.54, 1.807) is 11.1 Å². The van der Waals surface area contributed by atoms with Gasteiger partial charge < -0.3 is 9.80 Å². The third-order valence-corrected chi connectivity index (χ3v) is 14.1. The number of anilines is 6. The standard InChI is InChI=1S/C54H44N2/c1-5-13-44(14-6-1)55(45-15-7-2-8-16-45)48-23-21-38-32-50-51-33-39-22-24-49(56(46-17-9-3-10-18-46)47-19-11-4-12-20-47)31-41(39)35-53(51)54(52(50)34-40(38)30-48)42-26-36-25-37(28-42)29-43(54)27-36/h1-24,30-37,42-43H,25-29H2. The molecule has 2 heteroatoms. The van der Waals surface area contributed by atoms with Gasteiger partial charge in [0, 0.05) is 39.5 Å². The van der Waals surface area contributed by atoms with E-state index in [1.807, 2.05) is 0 Å². The quantitative estimate of drug-likeness (QED) is 0.169. The summed E-state index contributed by atoms with van der Waals surface area (Å²) in [5.41, 5.74) is 13.3. The third kappa shape index (κ3) is 4.81. The molecule has 1 spiro atoms. The molecule has 4 saturated carbocycles. The first-order valence-corrected chi connectivity index (χ1v) is 20.7. The van der Waals surface area contributed by atoms with E-state index in [0.717, 1.165) is 11.8 Å². The van der Waals surface area contributed by atoms with E-state index in [-0.39, 0.29) is 5.41 Å². The van der Waals surface area contributed by atoms with Gasteiger partial charge >= 0.3 is 0 Å². The fraction of sp³-hybridized carbons (Fsp3) is 0.185. The van der Waals surface area contributed by atoms with E-state index < -0.39 is 0 Å². The van der Waals surface area contributed by atoms with E-state index in [2.05, 4.69) is 192 Å². The van der Waals surface area contributed by atoms with E-state index in [4.69, 9.17) is 0 Å². The maximum Gasteiger partial charge on any atom is 0.0468 e. The SMILES string of the molecule is c1ccc(N(c2ccccc2)c2ccc3cc4c(cc3c2)C2(c3cc5cc(N(c6ccccc6)c6ccccc6)ccc5cc3-4)C3CC4CC(C3)CC2C4)cc1. The highest BCUT2D eigenvalue weighted by Crippen LogP contribution is 2.70. The normalized spacial score (nSPS) is 21.0. The van der Waals surface area contributed by atoms with Gasteiger partial charge in [-0.1, -0.05) is 84.9 Å². The molecule has 2 nitrogen and oxygen atoms in total. The molecule has 270 valence electrons. The summed E-state index contributed by atoms with van der Waals surface area (Å²) < 4.78 is 0. The fourth-order valence-electron chi connectivity index (χ4n) is 12.1. The first kappa shape index (κ1) is 32.2. The fourth-order valence-corrected chi connectivity index (χ4v) is 12.1. The van der Waals surface area contributed by atoms with Gasteiger partial charge in [0.15, 0.2) is 0 Å². The number of para-hydroxylation sites is 4. The van der Waals surface area contributed by atoms with Crippen LogP contribution in [0, 0.1) is 23.7 Å². The van der Waals surface area contributed by atoms with Gasteiger partial charge in [0.1, 0.15) is 0 Å². The maximum atomic E-state index is 2.65. The van der Waals surface area contributed by atoms with Crippen LogP contribution in [-0.4, -0.2) is 0 Å². The predicted octanol–water partition coefficient (Wildman–Crippen LogP) is 14.7. The van der Waals surface area contributed by atoms with Crippen LogP contribution in [0.3, 0.4) is 0 Å². The first-order chi connectivity index (χ1) is 27.7. The van der Waals surface area contributed by atoms with Gasteiger partial charge in [-0.25, -0.2) is 0 Å². The average molecular weight is 721 g/mol. The number of fused-ring (bicyclic) bond motifs is 5. The van der Waals surface area contributed by atoms with Gasteiger partial charge in [-0.05, 0) is 197 Å². The predicted molar refractivity (Wildman–Crippen MR) is 234 cm³/mol. The number of benzene rings is 8. The van der Waals surface area contributed by atoms with Crippen LogP contribution < -0.4 is 9.80 Å². The lowest BCUT2D eigenvalue weighted by molar-refractivity contribution is -0.0398. The van der Waals surface area contributed by atoms with Gasteiger partial charge in [-0.15, -0.1) is 0 Å². The molecular formula is C54H44N2. The summed E-state index contributed by atoms with van der Waals surface area (Å²) in [6.45, 7) is 0. The molecule has 0 aliphatic heterocycles. The van der Waals surface area contributed by atoms with Crippen molar-refractivity contribution >= 4 is 55.7 Å². The lowest BCUT2D eigenvalue weighted by Gasteiger charge is -2.61. The minimum atomic E-state index is 0.0591. The largest absolute Gasteiger partial charge is 0.310 e. The van der Waals surface area contributed by atoms with Crippen LogP contribution in [0.1, 0.15) is 43.2 Å². The molecule has 0 heterocycles. The van der Waals surface area contributed by atoms with Crippen LogP contribution in [0.4, 0.5) is 34.1 Å². The van der Waals surface area contributed by atoms with Crippen LogP contribution in [0.5, 0.6) is 0 Å². The Bertz CT molecular complexity index is 2480. The monoisotopic (exact) mass is 720 g/mol.